The van der Waals surface area contributed by atoms with Crippen LogP contribution in [0.1, 0.15) is 26.5 Å². The molecule has 0 amide bonds. The lowest BCUT2D eigenvalue weighted by Gasteiger charge is -2.03. The summed E-state index contributed by atoms with van der Waals surface area (Å²) >= 11 is 0. The van der Waals surface area contributed by atoms with Gasteiger partial charge in [-0.3, -0.25) is 4.40 Å². The third kappa shape index (κ3) is 2.97. The first kappa shape index (κ1) is 16.3. The first-order chi connectivity index (χ1) is 12.0. The Morgan fingerprint density at radius 2 is 1.88 bits per heavy atom. The number of carbonyl (C=O) groups is 2. The minimum Gasteiger partial charge on any atom is -0.476 e. The molecule has 2 aromatic heterocycles. The number of hydrogen-bond acceptors (Lipinski definition) is 6. The van der Waals surface area contributed by atoms with E-state index in [1.165, 1.54) is 7.11 Å². The van der Waals surface area contributed by atoms with Gasteiger partial charge in [0.15, 0.2) is 11.5 Å². The first-order valence-electron chi connectivity index (χ1n) is 7.33. The molecule has 0 radical (unpaired) electrons. The number of aryl methyl sites for hydroxylation is 1. The zero-order valence-electron chi connectivity index (χ0n) is 13.5. The smallest absolute Gasteiger partial charge is 0.358 e. The second-order valence-corrected chi connectivity index (χ2v) is 5.16. The summed E-state index contributed by atoms with van der Waals surface area (Å²) in [6.07, 6.45) is 0. The average molecular weight is 338 g/mol. The van der Waals surface area contributed by atoms with Gasteiger partial charge in [-0.25, -0.2) is 14.6 Å². The third-order valence-corrected chi connectivity index (χ3v) is 3.58. The Morgan fingerprint density at radius 3 is 2.60 bits per heavy atom. The molecule has 0 aliphatic heterocycles. The second-order valence-electron chi connectivity index (χ2n) is 5.16. The highest BCUT2D eigenvalue weighted by Crippen LogP contribution is 2.27. The number of hydrogen-bond donors (Lipinski definition) is 1. The summed E-state index contributed by atoms with van der Waals surface area (Å²) in [4.78, 5) is 27.4. The fraction of sp³-hybridized carbons (Fsp3) is 0.118. The lowest BCUT2D eigenvalue weighted by molar-refractivity contribution is 0.0600. The van der Waals surface area contributed by atoms with Crippen LogP contribution < -0.4 is 0 Å². The number of carboxylic acid groups (broad SMARTS) is 1. The van der Waals surface area contributed by atoms with E-state index in [2.05, 4.69) is 15.2 Å². The van der Waals surface area contributed by atoms with Crippen molar-refractivity contribution < 1.29 is 19.4 Å². The Kier molecular flexibility index (Phi) is 4.25. The Hall–Kier alpha value is -3.55. The number of esters is 1. The van der Waals surface area contributed by atoms with Crippen molar-refractivity contribution in [1.82, 2.24) is 9.38 Å². The van der Waals surface area contributed by atoms with Crippen LogP contribution in [0.15, 0.2) is 52.7 Å². The van der Waals surface area contributed by atoms with Crippen molar-refractivity contribution in [2.24, 2.45) is 10.2 Å². The molecule has 0 unspecified atom stereocenters. The summed E-state index contributed by atoms with van der Waals surface area (Å²) in [5.74, 6) is -1.68. The number of pyridine rings is 1. The van der Waals surface area contributed by atoms with Gasteiger partial charge in [0.05, 0.1) is 12.7 Å². The minimum absolute atomic E-state index is 0.0836. The van der Waals surface area contributed by atoms with Gasteiger partial charge in [0, 0.05) is 5.69 Å². The largest absolute Gasteiger partial charge is 0.476 e. The van der Waals surface area contributed by atoms with Crippen LogP contribution in [0.5, 0.6) is 0 Å². The Balaban J connectivity index is 2.16. The van der Waals surface area contributed by atoms with Crippen molar-refractivity contribution >= 4 is 29.1 Å². The number of fused-ring (bicyclic) bond motifs is 1. The van der Waals surface area contributed by atoms with E-state index in [9.17, 15) is 14.7 Å². The molecule has 0 atom stereocenters. The quantitative estimate of drug-likeness (QED) is 0.578. The molecule has 2 heterocycles. The minimum atomic E-state index is -1.21. The molecule has 0 bridgehead atoms. The van der Waals surface area contributed by atoms with Gasteiger partial charge in [0.2, 0.25) is 0 Å². The van der Waals surface area contributed by atoms with Crippen molar-refractivity contribution in [3.8, 4) is 0 Å². The molecule has 0 aliphatic carbocycles. The standard InChI is InChI=1S/C17H14N4O4/c1-10-6-5-9-13-18-14(16(22)23)15(21(10)13)20-19-12-8-4-3-7-11(12)17(24)25-2/h3-9H,1-2H3,(H,22,23). The summed E-state index contributed by atoms with van der Waals surface area (Å²) < 4.78 is 6.30. The number of aromatic carboxylic acids is 1. The van der Waals surface area contributed by atoms with E-state index in [0.717, 1.165) is 5.69 Å². The van der Waals surface area contributed by atoms with Crippen molar-refractivity contribution in [3.05, 3.63) is 59.4 Å². The highest BCUT2D eigenvalue weighted by Gasteiger charge is 2.19. The zero-order valence-corrected chi connectivity index (χ0v) is 13.5. The molecule has 0 fully saturated rings. The van der Waals surface area contributed by atoms with E-state index >= 15 is 0 Å². The summed E-state index contributed by atoms with van der Waals surface area (Å²) in [6.45, 7) is 1.81. The van der Waals surface area contributed by atoms with Gasteiger partial charge in [-0.1, -0.05) is 18.2 Å². The summed E-state index contributed by atoms with van der Waals surface area (Å²) in [6, 6.07) is 11.8. The van der Waals surface area contributed by atoms with E-state index in [1.54, 1.807) is 40.8 Å². The topological polar surface area (TPSA) is 106 Å². The number of carbonyl (C=O) groups excluding carboxylic acids is 1. The first-order valence-corrected chi connectivity index (χ1v) is 7.33. The van der Waals surface area contributed by atoms with Crippen molar-refractivity contribution in [2.45, 2.75) is 6.92 Å². The van der Waals surface area contributed by atoms with E-state index in [-0.39, 0.29) is 22.8 Å². The molecule has 25 heavy (non-hydrogen) atoms. The Labute approximate surface area is 142 Å². The summed E-state index contributed by atoms with van der Waals surface area (Å²) in [7, 11) is 1.27. The SMILES string of the molecule is COC(=O)c1ccccc1N=Nc1c(C(=O)O)nc2cccc(C)n12. The van der Waals surface area contributed by atoms with Gasteiger partial charge in [-0.2, -0.15) is 0 Å². The summed E-state index contributed by atoms with van der Waals surface area (Å²) in [5, 5.41) is 17.5. The van der Waals surface area contributed by atoms with Crippen molar-refractivity contribution in [3.63, 3.8) is 0 Å². The third-order valence-electron chi connectivity index (χ3n) is 3.58. The van der Waals surface area contributed by atoms with Crippen LogP contribution >= 0.6 is 0 Å². The van der Waals surface area contributed by atoms with Gasteiger partial charge in [0.25, 0.3) is 0 Å². The molecule has 126 valence electrons. The second kappa shape index (κ2) is 6.52. The molecule has 0 saturated heterocycles. The van der Waals surface area contributed by atoms with Crippen LogP contribution in [0.3, 0.4) is 0 Å². The molecular formula is C17H14N4O4. The fourth-order valence-corrected chi connectivity index (χ4v) is 2.42. The van der Waals surface area contributed by atoms with E-state index in [1.807, 2.05) is 13.0 Å². The van der Waals surface area contributed by atoms with Gasteiger partial charge >= 0.3 is 11.9 Å². The lowest BCUT2D eigenvalue weighted by atomic mass is 10.2. The maximum Gasteiger partial charge on any atom is 0.358 e. The number of rotatable bonds is 4. The highest BCUT2D eigenvalue weighted by atomic mass is 16.5. The molecule has 3 aromatic rings. The molecular weight excluding hydrogens is 324 g/mol. The molecule has 0 saturated carbocycles. The van der Waals surface area contributed by atoms with E-state index < -0.39 is 11.9 Å². The molecule has 1 N–H and O–H groups in total. The molecule has 8 heteroatoms. The number of azo groups is 1. The predicted molar refractivity (Wildman–Crippen MR) is 88.8 cm³/mol. The number of imidazole rings is 1. The molecule has 0 aliphatic rings. The van der Waals surface area contributed by atoms with E-state index in [4.69, 9.17) is 4.74 Å². The summed E-state index contributed by atoms with van der Waals surface area (Å²) in [5.41, 5.74) is 1.50. The number of aromatic nitrogens is 2. The normalized spacial score (nSPS) is 11.1. The van der Waals surface area contributed by atoms with Gasteiger partial charge in [-0.05, 0) is 31.2 Å². The number of carboxylic acids is 1. The van der Waals surface area contributed by atoms with Gasteiger partial charge in [0.1, 0.15) is 11.3 Å². The average Bonchev–Trinajstić information content (AvgIpc) is 3.00. The lowest BCUT2D eigenvalue weighted by Crippen LogP contribution is -2.01. The fourth-order valence-electron chi connectivity index (χ4n) is 2.42. The predicted octanol–water partition coefficient (Wildman–Crippen LogP) is 3.54. The molecule has 3 rings (SSSR count). The van der Waals surface area contributed by atoms with E-state index in [0.29, 0.717) is 5.65 Å². The molecule has 0 spiro atoms. The number of methoxy groups -OCH3 is 1. The maximum atomic E-state index is 11.8. The van der Waals surface area contributed by atoms with Crippen molar-refractivity contribution in [1.29, 1.82) is 0 Å². The van der Waals surface area contributed by atoms with Crippen LogP contribution in [0.25, 0.3) is 5.65 Å². The maximum absolute atomic E-state index is 11.8. The van der Waals surface area contributed by atoms with Crippen LogP contribution in [-0.4, -0.2) is 33.5 Å². The number of benzene rings is 1. The molecule has 1 aromatic carbocycles. The Morgan fingerprint density at radius 1 is 1.12 bits per heavy atom. The van der Waals surface area contributed by atoms with Gasteiger partial charge in [-0.15, -0.1) is 10.2 Å². The van der Waals surface area contributed by atoms with Gasteiger partial charge < -0.3 is 9.84 Å². The van der Waals surface area contributed by atoms with Crippen LogP contribution in [0.2, 0.25) is 0 Å². The van der Waals surface area contributed by atoms with Crippen molar-refractivity contribution in [2.75, 3.05) is 7.11 Å². The molecule has 8 nitrogen and oxygen atoms in total. The monoisotopic (exact) mass is 338 g/mol. The number of nitrogens with zero attached hydrogens (tertiary/aromatic N) is 4. The zero-order chi connectivity index (χ0) is 18.0. The van der Waals surface area contributed by atoms with Crippen LogP contribution in [0.4, 0.5) is 11.5 Å². The van der Waals surface area contributed by atoms with Crippen LogP contribution in [0, 0.1) is 6.92 Å². The highest BCUT2D eigenvalue weighted by molar-refractivity contribution is 5.95. The number of ether oxygens (including phenoxy) is 1. The Bertz CT molecular complexity index is 1010. The van der Waals surface area contributed by atoms with Crippen LogP contribution in [-0.2, 0) is 4.74 Å².